The number of carbonyl (C=O) groups is 1. The minimum absolute atomic E-state index is 0.0216. The minimum atomic E-state index is -0.129. The molecule has 1 atom stereocenters. The normalized spacial score (nSPS) is 16.8. The minimum Gasteiger partial charge on any atom is -0.493 e. The van der Waals surface area contributed by atoms with Gasteiger partial charge in [-0.05, 0) is 12.5 Å². The predicted octanol–water partition coefficient (Wildman–Crippen LogP) is 3.33. The van der Waals surface area contributed by atoms with Gasteiger partial charge in [0.15, 0.2) is 5.82 Å². The molecule has 1 N–H and O–H groups in total. The van der Waals surface area contributed by atoms with Gasteiger partial charge in [-0.2, -0.15) is 4.98 Å². The van der Waals surface area contributed by atoms with Crippen molar-refractivity contribution >= 4 is 5.91 Å². The number of para-hydroxylation sites is 1. The molecule has 1 aromatic carbocycles. The Labute approximate surface area is 148 Å². The Morgan fingerprint density at radius 3 is 2.88 bits per heavy atom. The number of benzene rings is 1. The number of fused-ring (bicyclic) bond motifs is 1. The van der Waals surface area contributed by atoms with E-state index in [1.54, 1.807) is 0 Å². The van der Waals surface area contributed by atoms with Crippen LogP contribution in [0.4, 0.5) is 0 Å². The highest BCUT2D eigenvalue weighted by Crippen LogP contribution is 2.31. The first-order chi connectivity index (χ1) is 11.9. The second kappa shape index (κ2) is 7.25. The van der Waals surface area contributed by atoms with Crippen molar-refractivity contribution in [2.75, 3.05) is 6.61 Å². The zero-order valence-electron chi connectivity index (χ0n) is 15.0. The zero-order valence-corrected chi connectivity index (χ0v) is 15.0. The summed E-state index contributed by atoms with van der Waals surface area (Å²) in [5.74, 6) is 2.19. The van der Waals surface area contributed by atoms with Crippen molar-refractivity contribution in [3.05, 3.63) is 41.5 Å². The summed E-state index contributed by atoms with van der Waals surface area (Å²) in [6.07, 6.45) is 2.53. The highest BCUT2D eigenvalue weighted by Gasteiger charge is 2.23. The van der Waals surface area contributed by atoms with Gasteiger partial charge < -0.3 is 14.6 Å². The molecular weight excluding hydrogens is 318 g/mol. The van der Waals surface area contributed by atoms with Crippen LogP contribution in [0.25, 0.3) is 0 Å². The van der Waals surface area contributed by atoms with Gasteiger partial charge in [0.2, 0.25) is 11.8 Å². The Morgan fingerprint density at radius 2 is 2.12 bits per heavy atom. The maximum atomic E-state index is 12.3. The van der Waals surface area contributed by atoms with Crippen LogP contribution in [0, 0.1) is 0 Å². The molecule has 0 fully saturated rings. The number of rotatable bonds is 5. The molecule has 1 unspecified atom stereocenters. The lowest BCUT2D eigenvalue weighted by Crippen LogP contribution is -2.32. The van der Waals surface area contributed by atoms with Gasteiger partial charge in [0, 0.05) is 30.2 Å². The SMILES string of the molecule is CC(C)(C)c1noc(CCCC(=O)NC2CCOc3ccccc32)n1. The average Bonchev–Trinajstić information content (AvgIpc) is 3.04. The topological polar surface area (TPSA) is 77.2 Å². The molecule has 2 heterocycles. The lowest BCUT2D eigenvalue weighted by molar-refractivity contribution is -0.122. The van der Waals surface area contributed by atoms with Crippen molar-refractivity contribution in [3.8, 4) is 5.75 Å². The second-order valence-corrected chi connectivity index (χ2v) is 7.41. The first kappa shape index (κ1) is 17.5. The third-order valence-electron chi connectivity index (χ3n) is 4.23. The van der Waals surface area contributed by atoms with Gasteiger partial charge in [-0.3, -0.25) is 4.79 Å². The quantitative estimate of drug-likeness (QED) is 0.901. The van der Waals surface area contributed by atoms with E-state index in [1.807, 2.05) is 45.0 Å². The van der Waals surface area contributed by atoms with Gasteiger partial charge in [-0.1, -0.05) is 44.1 Å². The van der Waals surface area contributed by atoms with E-state index in [0.29, 0.717) is 37.6 Å². The summed E-state index contributed by atoms with van der Waals surface area (Å²) in [5, 5.41) is 7.11. The van der Waals surface area contributed by atoms with Crippen molar-refractivity contribution in [1.82, 2.24) is 15.5 Å². The molecule has 134 valence electrons. The molecule has 0 saturated heterocycles. The van der Waals surface area contributed by atoms with Crippen LogP contribution in [-0.4, -0.2) is 22.7 Å². The number of nitrogens with zero attached hydrogens (tertiary/aromatic N) is 2. The highest BCUT2D eigenvalue weighted by atomic mass is 16.5. The monoisotopic (exact) mass is 343 g/mol. The van der Waals surface area contributed by atoms with E-state index in [4.69, 9.17) is 9.26 Å². The molecule has 2 aromatic rings. The maximum absolute atomic E-state index is 12.3. The number of aromatic nitrogens is 2. The van der Waals surface area contributed by atoms with E-state index >= 15 is 0 Å². The van der Waals surface area contributed by atoms with E-state index in [1.165, 1.54) is 0 Å². The van der Waals surface area contributed by atoms with Gasteiger partial charge in [0.25, 0.3) is 0 Å². The standard InChI is InChI=1S/C19H25N3O3/c1-19(2,3)18-21-17(25-22-18)10-6-9-16(23)20-14-11-12-24-15-8-5-4-7-13(14)15/h4-5,7-8,14H,6,9-12H2,1-3H3,(H,20,23). The van der Waals surface area contributed by atoms with Crippen molar-refractivity contribution in [2.45, 2.75) is 57.9 Å². The van der Waals surface area contributed by atoms with Crippen LogP contribution in [0.15, 0.2) is 28.8 Å². The van der Waals surface area contributed by atoms with Crippen LogP contribution < -0.4 is 10.1 Å². The molecule has 25 heavy (non-hydrogen) atoms. The number of hydrogen-bond donors (Lipinski definition) is 1. The molecule has 6 heteroatoms. The van der Waals surface area contributed by atoms with E-state index < -0.39 is 0 Å². The summed E-state index contributed by atoms with van der Waals surface area (Å²) < 4.78 is 10.9. The molecule has 1 aliphatic heterocycles. The number of hydrogen-bond acceptors (Lipinski definition) is 5. The highest BCUT2D eigenvalue weighted by molar-refractivity contribution is 5.76. The summed E-state index contributed by atoms with van der Waals surface area (Å²) in [6, 6.07) is 7.88. The molecule has 0 radical (unpaired) electrons. The molecule has 0 saturated carbocycles. The first-order valence-corrected chi connectivity index (χ1v) is 8.77. The van der Waals surface area contributed by atoms with Crippen LogP contribution in [-0.2, 0) is 16.6 Å². The summed E-state index contributed by atoms with van der Waals surface area (Å²) >= 11 is 0. The molecule has 1 aliphatic rings. The third kappa shape index (κ3) is 4.38. The summed E-state index contributed by atoms with van der Waals surface area (Å²) in [5.41, 5.74) is 0.920. The van der Waals surface area contributed by atoms with Gasteiger partial charge in [-0.15, -0.1) is 0 Å². The van der Waals surface area contributed by atoms with Gasteiger partial charge >= 0.3 is 0 Å². The Morgan fingerprint density at radius 1 is 1.32 bits per heavy atom. The lowest BCUT2D eigenvalue weighted by atomic mass is 9.96. The lowest BCUT2D eigenvalue weighted by Gasteiger charge is -2.26. The molecule has 6 nitrogen and oxygen atoms in total. The Balaban J connectivity index is 1.48. The number of ether oxygens (including phenoxy) is 1. The second-order valence-electron chi connectivity index (χ2n) is 7.41. The van der Waals surface area contributed by atoms with E-state index in [0.717, 1.165) is 17.7 Å². The van der Waals surface area contributed by atoms with E-state index in [-0.39, 0.29) is 17.4 Å². The molecular formula is C19H25N3O3. The zero-order chi connectivity index (χ0) is 17.9. The largest absolute Gasteiger partial charge is 0.493 e. The fourth-order valence-electron chi connectivity index (χ4n) is 2.82. The van der Waals surface area contributed by atoms with Crippen LogP contribution in [0.5, 0.6) is 5.75 Å². The van der Waals surface area contributed by atoms with Crippen LogP contribution >= 0.6 is 0 Å². The first-order valence-electron chi connectivity index (χ1n) is 8.77. The van der Waals surface area contributed by atoms with Gasteiger partial charge in [0.1, 0.15) is 5.75 Å². The number of amides is 1. The van der Waals surface area contributed by atoms with E-state index in [9.17, 15) is 4.79 Å². The van der Waals surface area contributed by atoms with Crippen LogP contribution in [0.1, 0.15) is 63.4 Å². The molecule has 3 rings (SSSR count). The average molecular weight is 343 g/mol. The van der Waals surface area contributed by atoms with Crippen molar-refractivity contribution in [3.63, 3.8) is 0 Å². The van der Waals surface area contributed by atoms with Gasteiger partial charge in [0.05, 0.1) is 12.6 Å². The fraction of sp³-hybridized carbons (Fsp3) is 0.526. The number of nitrogens with one attached hydrogen (secondary N) is 1. The third-order valence-corrected chi connectivity index (χ3v) is 4.23. The summed E-state index contributed by atoms with van der Waals surface area (Å²) in [6.45, 7) is 6.75. The Bertz CT molecular complexity index is 734. The molecule has 1 amide bonds. The van der Waals surface area contributed by atoms with Crippen LogP contribution in [0.3, 0.4) is 0 Å². The van der Waals surface area contributed by atoms with Crippen LogP contribution in [0.2, 0.25) is 0 Å². The maximum Gasteiger partial charge on any atom is 0.226 e. The van der Waals surface area contributed by atoms with Crippen molar-refractivity contribution < 1.29 is 14.1 Å². The molecule has 0 bridgehead atoms. The van der Waals surface area contributed by atoms with E-state index in [2.05, 4.69) is 15.5 Å². The van der Waals surface area contributed by atoms with Crippen molar-refractivity contribution in [2.24, 2.45) is 0 Å². The summed E-state index contributed by atoms with van der Waals surface area (Å²) in [7, 11) is 0. The predicted molar refractivity (Wildman–Crippen MR) is 93.4 cm³/mol. The Hall–Kier alpha value is -2.37. The smallest absolute Gasteiger partial charge is 0.226 e. The summed E-state index contributed by atoms with van der Waals surface area (Å²) in [4.78, 5) is 16.7. The molecule has 0 aliphatic carbocycles. The number of aryl methyl sites for hydroxylation is 1. The molecule has 0 spiro atoms. The fourth-order valence-corrected chi connectivity index (χ4v) is 2.82. The molecule has 1 aromatic heterocycles. The Kier molecular flexibility index (Phi) is 5.06. The van der Waals surface area contributed by atoms with Crippen molar-refractivity contribution in [1.29, 1.82) is 0 Å². The number of carbonyl (C=O) groups excluding carboxylic acids is 1. The van der Waals surface area contributed by atoms with Gasteiger partial charge in [-0.25, -0.2) is 0 Å².